The molecule has 5 heteroatoms. The molecule has 19 heavy (non-hydrogen) atoms. The van der Waals surface area contributed by atoms with Crippen LogP contribution in [-0.4, -0.2) is 31.7 Å². The lowest BCUT2D eigenvalue weighted by atomic mass is 10.1. The van der Waals surface area contributed by atoms with Crippen molar-refractivity contribution >= 4 is 17.3 Å². The van der Waals surface area contributed by atoms with E-state index in [-0.39, 0.29) is 0 Å². The second kappa shape index (κ2) is 5.93. The van der Waals surface area contributed by atoms with Crippen LogP contribution < -0.4 is 16.4 Å². The van der Waals surface area contributed by atoms with Gasteiger partial charge in [0.15, 0.2) is 0 Å². The fraction of sp³-hybridized carbons (Fsp3) is 0.500. The molecule has 0 radical (unpaired) electrons. The topological polar surface area (TPSA) is 81.6 Å². The summed E-state index contributed by atoms with van der Waals surface area (Å²) in [5, 5.41) is 0. The first-order valence-corrected chi connectivity index (χ1v) is 6.67. The van der Waals surface area contributed by atoms with E-state index in [0.717, 1.165) is 38.2 Å². The highest BCUT2D eigenvalue weighted by atomic mass is 16.5. The number of primary amides is 1. The molecule has 1 fully saturated rings. The molecule has 1 aliphatic heterocycles. The lowest BCUT2D eigenvalue weighted by Crippen LogP contribution is -2.37. The number of amides is 1. The molecule has 1 aromatic rings. The van der Waals surface area contributed by atoms with E-state index in [9.17, 15) is 4.79 Å². The summed E-state index contributed by atoms with van der Waals surface area (Å²) in [6, 6.07) is 5.24. The number of benzene rings is 1. The van der Waals surface area contributed by atoms with Crippen LogP contribution in [0.25, 0.3) is 0 Å². The summed E-state index contributed by atoms with van der Waals surface area (Å²) in [6.07, 6.45) is 2.36. The number of nitrogen functional groups attached to an aromatic ring is 1. The Bertz CT molecular complexity index is 454. The van der Waals surface area contributed by atoms with E-state index in [4.69, 9.17) is 16.2 Å². The number of rotatable bonds is 4. The van der Waals surface area contributed by atoms with Gasteiger partial charge in [0.25, 0.3) is 0 Å². The summed E-state index contributed by atoms with van der Waals surface area (Å²) in [5.41, 5.74) is 13.3. The third-order valence-electron chi connectivity index (χ3n) is 3.50. The molecule has 1 amide bonds. The van der Waals surface area contributed by atoms with E-state index < -0.39 is 5.91 Å². The van der Waals surface area contributed by atoms with Crippen LogP contribution in [0.5, 0.6) is 0 Å². The first-order valence-electron chi connectivity index (χ1n) is 6.67. The van der Waals surface area contributed by atoms with Crippen LogP contribution in [0.2, 0.25) is 0 Å². The Labute approximate surface area is 113 Å². The van der Waals surface area contributed by atoms with Crippen LogP contribution >= 0.6 is 0 Å². The molecule has 1 aromatic carbocycles. The van der Waals surface area contributed by atoms with E-state index in [0.29, 0.717) is 17.4 Å². The first kappa shape index (κ1) is 13.7. The van der Waals surface area contributed by atoms with Crippen molar-refractivity contribution in [3.05, 3.63) is 23.8 Å². The quantitative estimate of drug-likeness (QED) is 0.804. The third kappa shape index (κ3) is 3.17. The molecule has 0 aliphatic carbocycles. The van der Waals surface area contributed by atoms with Gasteiger partial charge in [0.2, 0.25) is 5.91 Å². The number of carbonyl (C=O) groups is 1. The Balaban J connectivity index is 2.05. The van der Waals surface area contributed by atoms with Gasteiger partial charge in [0.1, 0.15) is 0 Å². The second-order valence-corrected chi connectivity index (χ2v) is 4.78. The van der Waals surface area contributed by atoms with Gasteiger partial charge < -0.3 is 21.1 Å². The summed E-state index contributed by atoms with van der Waals surface area (Å²) in [6.45, 7) is 4.63. The molecule has 5 nitrogen and oxygen atoms in total. The number of piperidine rings is 1. The van der Waals surface area contributed by atoms with Gasteiger partial charge in [-0.3, -0.25) is 4.79 Å². The second-order valence-electron chi connectivity index (χ2n) is 4.78. The fourth-order valence-corrected chi connectivity index (χ4v) is 2.49. The molecule has 0 aromatic heterocycles. The molecule has 1 aliphatic rings. The Kier molecular flexibility index (Phi) is 4.27. The van der Waals surface area contributed by atoms with E-state index in [1.807, 2.05) is 13.0 Å². The molecule has 0 spiro atoms. The van der Waals surface area contributed by atoms with Crippen LogP contribution in [0, 0.1) is 0 Å². The van der Waals surface area contributed by atoms with Crippen LogP contribution in [0.3, 0.4) is 0 Å². The summed E-state index contributed by atoms with van der Waals surface area (Å²) in [7, 11) is 0. The van der Waals surface area contributed by atoms with Crippen molar-refractivity contribution in [2.24, 2.45) is 5.73 Å². The van der Waals surface area contributed by atoms with Gasteiger partial charge in [-0.2, -0.15) is 0 Å². The van der Waals surface area contributed by atoms with Gasteiger partial charge >= 0.3 is 0 Å². The molecule has 1 saturated heterocycles. The highest BCUT2D eigenvalue weighted by Gasteiger charge is 2.21. The maximum atomic E-state index is 11.1. The van der Waals surface area contributed by atoms with E-state index in [1.54, 1.807) is 12.1 Å². The number of carbonyl (C=O) groups excluding carboxylic acids is 1. The van der Waals surface area contributed by atoms with Gasteiger partial charge in [-0.1, -0.05) is 0 Å². The zero-order valence-corrected chi connectivity index (χ0v) is 11.3. The molecule has 0 unspecified atom stereocenters. The van der Waals surface area contributed by atoms with Gasteiger partial charge in [0, 0.05) is 25.3 Å². The molecule has 2 rings (SSSR count). The predicted molar refractivity (Wildman–Crippen MR) is 76.2 cm³/mol. The highest BCUT2D eigenvalue weighted by molar-refractivity contribution is 5.94. The van der Waals surface area contributed by atoms with Crippen molar-refractivity contribution < 1.29 is 9.53 Å². The number of anilines is 2. The number of ether oxygens (including phenoxy) is 1. The molecule has 0 saturated carbocycles. The minimum Gasteiger partial charge on any atom is -0.397 e. The van der Waals surface area contributed by atoms with E-state index in [1.165, 1.54) is 0 Å². The normalized spacial score (nSPS) is 16.6. The van der Waals surface area contributed by atoms with Gasteiger partial charge in [-0.25, -0.2) is 0 Å². The summed E-state index contributed by atoms with van der Waals surface area (Å²) < 4.78 is 5.63. The maximum Gasteiger partial charge on any atom is 0.248 e. The largest absolute Gasteiger partial charge is 0.397 e. The first-order chi connectivity index (χ1) is 9.11. The predicted octanol–water partition coefficient (Wildman–Crippen LogP) is 1.37. The Morgan fingerprint density at radius 1 is 1.42 bits per heavy atom. The van der Waals surface area contributed by atoms with Crippen molar-refractivity contribution in [2.75, 3.05) is 30.3 Å². The number of nitrogens with zero attached hydrogens (tertiary/aromatic N) is 1. The third-order valence-corrected chi connectivity index (χ3v) is 3.50. The molecule has 0 atom stereocenters. The average molecular weight is 263 g/mol. The number of nitrogens with two attached hydrogens (primary N) is 2. The Morgan fingerprint density at radius 3 is 2.63 bits per heavy atom. The van der Waals surface area contributed by atoms with Crippen molar-refractivity contribution in [1.82, 2.24) is 0 Å². The SMILES string of the molecule is CCOC1CCN(c2ccc(C(N)=O)cc2N)CC1. The minimum absolute atomic E-state index is 0.354. The zero-order chi connectivity index (χ0) is 13.8. The summed E-state index contributed by atoms with van der Waals surface area (Å²) in [4.78, 5) is 13.3. The molecular weight excluding hydrogens is 242 g/mol. The number of hydrogen-bond acceptors (Lipinski definition) is 4. The van der Waals surface area contributed by atoms with Crippen LogP contribution in [0.4, 0.5) is 11.4 Å². The van der Waals surface area contributed by atoms with Gasteiger partial charge in [-0.15, -0.1) is 0 Å². The fourth-order valence-electron chi connectivity index (χ4n) is 2.49. The molecule has 4 N–H and O–H groups in total. The van der Waals surface area contributed by atoms with Gasteiger partial charge in [0.05, 0.1) is 17.5 Å². The standard InChI is InChI=1S/C14H21N3O2/c1-2-19-11-5-7-17(8-6-11)13-4-3-10(14(16)18)9-12(13)15/h3-4,9,11H,2,5-8,15H2,1H3,(H2,16,18). The van der Waals surface area contributed by atoms with E-state index in [2.05, 4.69) is 4.90 Å². The number of hydrogen-bond donors (Lipinski definition) is 2. The van der Waals surface area contributed by atoms with Gasteiger partial charge in [-0.05, 0) is 38.0 Å². The lowest BCUT2D eigenvalue weighted by molar-refractivity contribution is 0.0459. The van der Waals surface area contributed by atoms with Crippen LogP contribution in [0.15, 0.2) is 18.2 Å². The molecule has 104 valence electrons. The Hall–Kier alpha value is -1.75. The monoisotopic (exact) mass is 263 g/mol. The minimum atomic E-state index is -0.451. The van der Waals surface area contributed by atoms with Crippen molar-refractivity contribution in [3.63, 3.8) is 0 Å². The summed E-state index contributed by atoms with van der Waals surface area (Å²) >= 11 is 0. The van der Waals surface area contributed by atoms with E-state index >= 15 is 0 Å². The average Bonchev–Trinajstić information content (AvgIpc) is 2.40. The van der Waals surface area contributed by atoms with Crippen molar-refractivity contribution in [2.45, 2.75) is 25.9 Å². The lowest BCUT2D eigenvalue weighted by Gasteiger charge is -2.34. The van der Waals surface area contributed by atoms with Crippen LogP contribution in [-0.2, 0) is 4.74 Å². The summed E-state index contributed by atoms with van der Waals surface area (Å²) in [5.74, 6) is -0.451. The van der Waals surface area contributed by atoms with Crippen molar-refractivity contribution in [3.8, 4) is 0 Å². The highest BCUT2D eigenvalue weighted by Crippen LogP contribution is 2.27. The molecule has 1 heterocycles. The van der Waals surface area contributed by atoms with Crippen molar-refractivity contribution in [1.29, 1.82) is 0 Å². The van der Waals surface area contributed by atoms with Crippen LogP contribution in [0.1, 0.15) is 30.1 Å². The molecule has 0 bridgehead atoms. The molecular formula is C14H21N3O2. The maximum absolute atomic E-state index is 11.1. The zero-order valence-electron chi connectivity index (χ0n) is 11.3. The Morgan fingerprint density at radius 2 is 2.11 bits per heavy atom. The smallest absolute Gasteiger partial charge is 0.248 e.